The van der Waals surface area contributed by atoms with Crippen LogP contribution in [0.1, 0.15) is 5.56 Å². The molecule has 0 fully saturated rings. The first kappa shape index (κ1) is 17.4. The third kappa shape index (κ3) is 4.56. The smallest absolute Gasteiger partial charge is 0.573 e. The third-order valence-corrected chi connectivity index (χ3v) is 3.35. The average molecular weight is 359 g/mol. The lowest BCUT2D eigenvalue weighted by Crippen LogP contribution is -2.36. The summed E-state index contributed by atoms with van der Waals surface area (Å²) in [5.41, 5.74) is 1.80. The monoisotopic (exact) mass is 359 g/mol. The van der Waals surface area contributed by atoms with Gasteiger partial charge in [-0.1, -0.05) is 36.4 Å². The minimum absolute atomic E-state index is 0.292. The highest BCUT2D eigenvalue weighted by atomic mass is 19.4. The summed E-state index contributed by atoms with van der Waals surface area (Å²) in [6, 6.07) is 15.4. The van der Waals surface area contributed by atoms with Crippen molar-refractivity contribution in [3.05, 3.63) is 78.6 Å². The van der Waals surface area contributed by atoms with E-state index in [-0.39, 0.29) is 5.75 Å². The number of nitrogens with zero attached hydrogens (tertiary/aromatic N) is 3. The van der Waals surface area contributed by atoms with Crippen LogP contribution in [-0.4, -0.2) is 17.4 Å². The highest BCUT2D eigenvalue weighted by Crippen LogP contribution is 2.26. The summed E-state index contributed by atoms with van der Waals surface area (Å²) in [6.07, 6.45) is -1.68. The molecule has 0 N–H and O–H groups in total. The van der Waals surface area contributed by atoms with Crippen molar-refractivity contribution >= 4 is 5.90 Å². The molecule has 0 spiro atoms. The van der Waals surface area contributed by atoms with E-state index < -0.39 is 12.3 Å². The van der Waals surface area contributed by atoms with Crippen molar-refractivity contribution in [1.82, 2.24) is 5.10 Å². The Morgan fingerprint density at radius 3 is 2.12 bits per heavy atom. The van der Waals surface area contributed by atoms with Crippen LogP contribution in [0, 0.1) is 0 Å². The molecule has 1 aromatic heterocycles. The summed E-state index contributed by atoms with van der Waals surface area (Å²) >= 11 is 0. The Morgan fingerprint density at radius 1 is 0.962 bits per heavy atom. The number of hydrogen-bond acceptors (Lipinski definition) is 4. The predicted molar refractivity (Wildman–Crippen MR) is 84.9 cm³/mol. The van der Waals surface area contributed by atoms with Gasteiger partial charge in [-0.3, -0.25) is 0 Å². The SMILES string of the molecule is [O-]C(=N[n+]1ccccn1)c1ccc(-c2ccc(OC(F)(F)F)cc2)cc1. The lowest BCUT2D eigenvalue weighted by Gasteiger charge is -2.10. The fourth-order valence-electron chi connectivity index (χ4n) is 2.19. The topological polar surface area (TPSA) is 61.4 Å². The number of benzene rings is 2. The summed E-state index contributed by atoms with van der Waals surface area (Å²) in [5.74, 6) is -0.756. The van der Waals surface area contributed by atoms with Gasteiger partial charge in [0.2, 0.25) is 6.20 Å². The molecule has 0 unspecified atom stereocenters. The minimum Gasteiger partial charge on any atom is -0.854 e. The van der Waals surface area contributed by atoms with E-state index in [0.717, 1.165) is 10.4 Å². The molecule has 0 saturated carbocycles. The van der Waals surface area contributed by atoms with Crippen molar-refractivity contribution in [3.63, 3.8) is 0 Å². The fraction of sp³-hybridized carbons (Fsp3) is 0.0556. The fourth-order valence-corrected chi connectivity index (χ4v) is 2.19. The summed E-state index contributed by atoms with van der Waals surface area (Å²) < 4.78 is 40.4. The minimum atomic E-state index is -4.72. The molecular weight excluding hydrogens is 347 g/mol. The van der Waals surface area contributed by atoms with Gasteiger partial charge in [-0.15, -0.1) is 13.2 Å². The van der Waals surface area contributed by atoms with E-state index in [1.807, 2.05) is 0 Å². The predicted octanol–water partition coefficient (Wildman–Crippen LogP) is 2.50. The number of hydrogen-bond donors (Lipinski definition) is 0. The molecule has 0 atom stereocenters. The molecule has 8 heteroatoms. The molecule has 0 aliphatic rings. The van der Waals surface area contributed by atoms with Crippen molar-refractivity contribution < 1.29 is 27.8 Å². The first-order valence-electron chi connectivity index (χ1n) is 7.46. The summed E-state index contributed by atoms with van der Waals surface area (Å²) in [7, 11) is 0. The molecule has 2 aromatic carbocycles. The summed E-state index contributed by atoms with van der Waals surface area (Å²) in [6.45, 7) is 0. The van der Waals surface area contributed by atoms with Gasteiger partial charge in [-0.2, -0.15) is 0 Å². The zero-order chi connectivity index (χ0) is 18.6. The van der Waals surface area contributed by atoms with Crippen molar-refractivity contribution in [2.75, 3.05) is 0 Å². The van der Waals surface area contributed by atoms with Gasteiger partial charge < -0.3 is 9.84 Å². The second-order valence-electron chi connectivity index (χ2n) is 5.17. The lowest BCUT2D eigenvalue weighted by molar-refractivity contribution is -0.739. The molecule has 1 heterocycles. The first-order valence-corrected chi connectivity index (χ1v) is 7.46. The Morgan fingerprint density at radius 2 is 1.58 bits per heavy atom. The number of ether oxygens (including phenoxy) is 1. The Bertz CT molecular complexity index is 894. The molecule has 5 nitrogen and oxygen atoms in total. The highest BCUT2D eigenvalue weighted by Gasteiger charge is 2.30. The molecule has 132 valence electrons. The van der Waals surface area contributed by atoms with Gasteiger partial charge in [-0.25, -0.2) is 0 Å². The van der Waals surface area contributed by atoms with E-state index in [1.165, 1.54) is 36.7 Å². The largest absolute Gasteiger partial charge is 0.854 e. The van der Waals surface area contributed by atoms with Crippen LogP contribution in [0.5, 0.6) is 5.75 Å². The highest BCUT2D eigenvalue weighted by molar-refractivity contribution is 5.90. The maximum atomic E-state index is 12.2. The van der Waals surface area contributed by atoms with Gasteiger partial charge in [0.05, 0.1) is 16.9 Å². The molecule has 0 aliphatic heterocycles. The van der Waals surface area contributed by atoms with Crippen LogP contribution in [0.3, 0.4) is 0 Å². The molecular formula is C18H12F3N3O2. The normalized spacial score (nSPS) is 12.0. The Hall–Kier alpha value is -3.42. The molecule has 0 saturated heterocycles. The number of alkyl halides is 3. The van der Waals surface area contributed by atoms with Crippen molar-refractivity contribution in [2.45, 2.75) is 6.36 Å². The van der Waals surface area contributed by atoms with Crippen LogP contribution in [0.15, 0.2) is 78.2 Å². The molecule has 0 bridgehead atoms. The molecule has 0 amide bonds. The van der Waals surface area contributed by atoms with Crippen LogP contribution in [-0.2, 0) is 0 Å². The number of halogens is 3. The van der Waals surface area contributed by atoms with E-state index in [1.54, 1.807) is 36.4 Å². The van der Waals surface area contributed by atoms with Crippen LogP contribution in [0.4, 0.5) is 13.2 Å². The maximum Gasteiger partial charge on any atom is 0.573 e. The van der Waals surface area contributed by atoms with Crippen LogP contribution < -0.4 is 14.6 Å². The van der Waals surface area contributed by atoms with E-state index in [0.29, 0.717) is 11.1 Å². The second-order valence-corrected chi connectivity index (χ2v) is 5.17. The van der Waals surface area contributed by atoms with E-state index in [9.17, 15) is 18.3 Å². The van der Waals surface area contributed by atoms with Gasteiger partial charge in [-0.05, 0) is 34.9 Å². The van der Waals surface area contributed by atoms with Gasteiger partial charge >= 0.3 is 6.36 Å². The molecule has 3 aromatic rings. The Balaban J connectivity index is 1.76. The van der Waals surface area contributed by atoms with Crippen LogP contribution in [0.25, 0.3) is 11.1 Å². The van der Waals surface area contributed by atoms with Crippen molar-refractivity contribution in [1.29, 1.82) is 0 Å². The van der Waals surface area contributed by atoms with Gasteiger partial charge in [0.1, 0.15) is 5.75 Å². The molecule has 0 aliphatic carbocycles. The van der Waals surface area contributed by atoms with Gasteiger partial charge in [0, 0.05) is 16.3 Å². The summed E-state index contributed by atoms with van der Waals surface area (Å²) in [5, 5.41) is 19.8. The molecule has 26 heavy (non-hydrogen) atoms. The van der Waals surface area contributed by atoms with Gasteiger partial charge in [0.15, 0.2) is 0 Å². The average Bonchev–Trinajstić information content (AvgIpc) is 2.62. The number of aromatic nitrogens is 2. The van der Waals surface area contributed by atoms with E-state index >= 15 is 0 Å². The quantitative estimate of drug-likeness (QED) is 0.409. The van der Waals surface area contributed by atoms with Crippen LogP contribution in [0.2, 0.25) is 0 Å². The second kappa shape index (κ2) is 7.22. The summed E-state index contributed by atoms with van der Waals surface area (Å²) in [4.78, 5) is 1.16. The number of rotatable bonds is 4. The zero-order valence-corrected chi connectivity index (χ0v) is 13.2. The van der Waals surface area contributed by atoms with Crippen LogP contribution >= 0.6 is 0 Å². The van der Waals surface area contributed by atoms with Crippen molar-refractivity contribution in [3.8, 4) is 16.9 Å². The lowest BCUT2D eigenvalue weighted by atomic mass is 10.0. The van der Waals surface area contributed by atoms with Gasteiger partial charge in [0.25, 0.3) is 0 Å². The molecule has 0 radical (unpaired) electrons. The first-order chi connectivity index (χ1) is 12.4. The van der Waals surface area contributed by atoms with Crippen molar-refractivity contribution in [2.24, 2.45) is 5.10 Å². The van der Waals surface area contributed by atoms with E-state index in [2.05, 4.69) is 14.9 Å². The van der Waals surface area contributed by atoms with E-state index in [4.69, 9.17) is 0 Å². The Labute approximate surface area is 146 Å². The maximum absolute atomic E-state index is 12.2. The molecule has 3 rings (SSSR count). The zero-order valence-electron chi connectivity index (χ0n) is 13.2. The third-order valence-electron chi connectivity index (χ3n) is 3.35. The Kier molecular flexibility index (Phi) is 4.83. The standard InChI is InChI=1S/C18H12F3N3O2/c19-18(20,21)26-16-9-7-14(8-10-16)13-3-5-15(6-4-13)17(25)23-24-12-2-1-11-22-24/h1-12H.